The fourth-order valence-corrected chi connectivity index (χ4v) is 3.87. The number of hydrogen-bond donors (Lipinski definition) is 0. The lowest BCUT2D eigenvalue weighted by molar-refractivity contribution is 0.0746. The second-order valence-electron chi connectivity index (χ2n) is 7.41. The molecule has 0 unspecified atom stereocenters. The van der Waals surface area contributed by atoms with E-state index in [2.05, 4.69) is 32.0 Å². The van der Waals surface area contributed by atoms with Crippen molar-refractivity contribution < 1.29 is 4.79 Å². The number of anilines is 1. The van der Waals surface area contributed by atoms with Crippen LogP contribution >= 0.6 is 0 Å². The third kappa shape index (κ3) is 3.61. The Morgan fingerprint density at radius 3 is 2.47 bits per heavy atom. The normalized spacial score (nSPS) is 14.3. The van der Waals surface area contributed by atoms with Gasteiger partial charge in [-0.25, -0.2) is 9.97 Å². The van der Waals surface area contributed by atoms with Crippen molar-refractivity contribution in [3.8, 4) is 0 Å². The van der Waals surface area contributed by atoms with Crippen LogP contribution in [0.2, 0.25) is 0 Å². The maximum absolute atomic E-state index is 13.0. The van der Waals surface area contributed by atoms with Gasteiger partial charge in [-0.05, 0) is 23.8 Å². The van der Waals surface area contributed by atoms with Crippen LogP contribution in [0.25, 0.3) is 11.2 Å². The third-order valence-corrected chi connectivity index (χ3v) is 5.49. The van der Waals surface area contributed by atoms with E-state index in [1.54, 1.807) is 24.9 Å². The molecule has 30 heavy (non-hydrogen) atoms. The fourth-order valence-electron chi connectivity index (χ4n) is 3.87. The van der Waals surface area contributed by atoms with E-state index in [4.69, 9.17) is 0 Å². The van der Waals surface area contributed by atoms with Gasteiger partial charge in [0.25, 0.3) is 5.91 Å². The molecule has 0 bridgehead atoms. The third-order valence-electron chi connectivity index (χ3n) is 5.49. The van der Waals surface area contributed by atoms with Crippen molar-refractivity contribution in [1.82, 2.24) is 24.4 Å². The maximum atomic E-state index is 13.0. The van der Waals surface area contributed by atoms with Gasteiger partial charge in [0.15, 0.2) is 5.65 Å². The molecule has 0 saturated carbocycles. The first-order valence-electron chi connectivity index (χ1n) is 10.1. The molecule has 7 nitrogen and oxygen atoms in total. The van der Waals surface area contributed by atoms with Crippen molar-refractivity contribution in [1.29, 1.82) is 0 Å². The summed E-state index contributed by atoms with van der Waals surface area (Å²) in [6, 6.07) is 16.1. The summed E-state index contributed by atoms with van der Waals surface area (Å²) in [6.45, 7) is 3.67. The summed E-state index contributed by atoms with van der Waals surface area (Å²) < 4.78 is 2.01. The van der Waals surface area contributed by atoms with Gasteiger partial charge in [-0.1, -0.05) is 30.3 Å². The largest absolute Gasteiger partial charge is 0.368 e. The number of pyridine rings is 2. The second kappa shape index (κ2) is 7.94. The van der Waals surface area contributed by atoms with E-state index < -0.39 is 0 Å². The molecule has 1 saturated heterocycles. The Labute approximate surface area is 174 Å². The second-order valence-corrected chi connectivity index (χ2v) is 7.41. The molecule has 150 valence electrons. The minimum absolute atomic E-state index is 0.0105. The molecule has 1 aromatic carbocycles. The number of hydrogen-bond acceptors (Lipinski definition) is 5. The predicted molar refractivity (Wildman–Crippen MR) is 115 cm³/mol. The zero-order chi connectivity index (χ0) is 20.3. The highest BCUT2D eigenvalue weighted by molar-refractivity contribution is 5.96. The quantitative estimate of drug-likeness (QED) is 0.529. The van der Waals surface area contributed by atoms with Gasteiger partial charge in [0, 0.05) is 50.5 Å². The number of amides is 1. The molecule has 7 heteroatoms. The zero-order valence-electron chi connectivity index (χ0n) is 16.6. The van der Waals surface area contributed by atoms with Gasteiger partial charge in [0.2, 0.25) is 0 Å². The van der Waals surface area contributed by atoms with Crippen molar-refractivity contribution in [2.24, 2.45) is 0 Å². The topological polar surface area (TPSA) is 67.2 Å². The molecular formula is C23H22N6O. The molecule has 3 aromatic heterocycles. The Morgan fingerprint density at radius 2 is 1.70 bits per heavy atom. The highest BCUT2D eigenvalue weighted by Gasteiger charge is 2.23. The van der Waals surface area contributed by atoms with Crippen LogP contribution in [-0.4, -0.2) is 56.5 Å². The smallest absolute Gasteiger partial charge is 0.255 e. The SMILES string of the molecule is O=C(c1cnc2c(c1)ncn2Cc1ccccc1)N1CCN(c2ccncc2)CC1. The van der Waals surface area contributed by atoms with Crippen LogP contribution < -0.4 is 4.90 Å². The lowest BCUT2D eigenvalue weighted by Crippen LogP contribution is -2.48. The first-order chi connectivity index (χ1) is 14.8. The summed E-state index contributed by atoms with van der Waals surface area (Å²) in [5.41, 5.74) is 4.45. The van der Waals surface area contributed by atoms with E-state index in [1.807, 2.05) is 45.9 Å². The molecule has 1 aliphatic rings. The summed E-state index contributed by atoms with van der Waals surface area (Å²) in [4.78, 5) is 30.3. The van der Waals surface area contributed by atoms with Crippen LogP contribution in [0.1, 0.15) is 15.9 Å². The van der Waals surface area contributed by atoms with E-state index in [-0.39, 0.29) is 5.91 Å². The highest BCUT2D eigenvalue weighted by Crippen LogP contribution is 2.18. The molecule has 1 aliphatic heterocycles. The van der Waals surface area contributed by atoms with Gasteiger partial charge >= 0.3 is 0 Å². The van der Waals surface area contributed by atoms with E-state index >= 15 is 0 Å². The molecule has 1 fully saturated rings. The molecule has 5 rings (SSSR count). The summed E-state index contributed by atoms with van der Waals surface area (Å²) in [5.74, 6) is 0.0105. The average Bonchev–Trinajstić information content (AvgIpc) is 3.22. The molecule has 1 amide bonds. The number of carbonyl (C=O) groups excluding carboxylic acids is 1. The number of fused-ring (bicyclic) bond motifs is 1. The Kier molecular flexibility index (Phi) is 4.85. The van der Waals surface area contributed by atoms with Crippen LogP contribution in [0.15, 0.2) is 73.4 Å². The van der Waals surface area contributed by atoms with Crippen molar-refractivity contribution >= 4 is 22.8 Å². The Hall–Kier alpha value is -3.74. The predicted octanol–water partition coefficient (Wildman–Crippen LogP) is 2.84. The Balaban J connectivity index is 1.29. The van der Waals surface area contributed by atoms with Crippen LogP contribution in [0.5, 0.6) is 0 Å². The van der Waals surface area contributed by atoms with E-state index in [1.165, 1.54) is 5.56 Å². The number of carbonyl (C=O) groups is 1. The van der Waals surface area contributed by atoms with Crippen molar-refractivity contribution in [2.45, 2.75) is 6.54 Å². The molecule has 0 N–H and O–H groups in total. The number of imidazole rings is 1. The number of nitrogens with zero attached hydrogens (tertiary/aromatic N) is 6. The lowest BCUT2D eigenvalue weighted by atomic mass is 10.2. The summed E-state index contributed by atoms with van der Waals surface area (Å²) in [6.07, 6.45) is 7.05. The minimum Gasteiger partial charge on any atom is -0.368 e. The first-order valence-corrected chi connectivity index (χ1v) is 10.1. The summed E-state index contributed by atoms with van der Waals surface area (Å²) >= 11 is 0. The summed E-state index contributed by atoms with van der Waals surface area (Å²) in [5, 5.41) is 0. The van der Waals surface area contributed by atoms with Crippen LogP contribution in [0, 0.1) is 0 Å². The molecule has 4 aromatic rings. The fraction of sp³-hybridized carbons (Fsp3) is 0.217. The number of rotatable bonds is 4. The van der Waals surface area contributed by atoms with Gasteiger partial charge in [0.1, 0.15) is 5.52 Å². The Bertz CT molecular complexity index is 1150. The Morgan fingerprint density at radius 1 is 0.933 bits per heavy atom. The molecule has 0 atom stereocenters. The highest BCUT2D eigenvalue weighted by atomic mass is 16.2. The van der Waals surface area contributed by atoms with Crippen LogP contribution in [0.3, 0.4) is 0 Å². The summed E-state index contributed by atoms with van der Waals surface area (Å²) in [7, 11) is 0. The molecule has 4 heterocycles. The number of aromatic nitrogens is 4. The van der Waals surface area contributed by atoms with Gasteiger partial charge in [-0.3, -0.25) is 9.78 Å². The minimum atomic E-state index is 0.0105. The van der Waals surface area contributed by atoms with Crippen LogP contribution in [0.4, 0.5) is 5.69 Å². The van der Waals surface area contributed by atoms with Gasteiger partial charge in [-0.15, -0.1) is 0 Å². The van der Waals surface area contributed by atoms with Crippen molar-refractivity contribution in [3.63, 3.8) is 0 Å². The lowest BCUT2D eigenvalue weighted by Gasteiger charge is -2.36. The monoisotopic (exact) mass is 398 g/mol. The molecular weight excluding hydrogens is 376 g/mol. The maximum Gasteiger partial charge on any atom is 0.255 e. The molecule has 0 spiro atoms. The van der Waals surface area contributed by atoms with E-state index in [0.29, 0.717) is 25.2 Å². The van der Waals surface area contributed by atoms with E-state index in [0.717, 1.165) is 29.9 Å². The van der Waals surface area contributed by atoms with Crippen LogP contribution in [-0.2, 0) is 6.54 Å². The molecule has 0 radical (unpaired) electrons. The number of benzene rings is 1. The zero-order valence-corrected chi connectivity index (χ0v) is 16.6. The van der Waals surface area contributed by atoms with Gasteiger partial charge < -0.3 is 14.4 Å². The standard InChI is InChI=1S/C23H22N6O/c30-23(28-12-10-27(11-13-28)20-6-8-24-9-7-20)19-14-21-22(25-15-19)29(17-26-21)16-18-4-2-1-3-5-18/h1-9,14-15,17H,10-13,16H2. The number of piperazine rings is 1. The van der Waals surface area contributed by atoms with Gasteiger partial charge in [-0.2, -0.15) is 0 Å². The van der Waals surface area contributed by atoms with Crippen molar-refractivity contribution in [2.75, 3.05) is 31.1 Å². The van der Waals surface area contributed by atoms with Crippen molar-refractivity contribution in [3.05, 3.63) is 84.6 Å². The van der Waals surface area contributed by atoms with Gasteiger partial charge in [0.05, 0.1) is 18.4 Å². The molecule has 0 aliphatic carbocycles. The first kappa shape index (κ1) is 18.3. The average molecular weight is 398 g/mol. The van der Waals surface area contributed by atoms with E-state index in [9.17, 15) is 4.79 Å².